The summed E-state index contributed by atoms with van der Waals surface area (Å²) >= 11 is 1.07. The summed E-state index contributed by atoms with van der Waals surface area (Å²) in [5, 5.41) is 13.6. The largest absolute Gasteiger partial charge is 0.452 e. The molecule has 0 bridgehead atoms. The number of benzene rings is 2. The van der Waals surface area contributed by atoms with Crippen LogP contribution in [0.3, 0.4) is 0 Å². The number of amides is 3. The minimum absolute atomic E-state index is 0.153. The molecule has 9 nitrogen and oxygen atoms in total. The quantitative estimate of drug-likeness (QED) is 0.376. The molecular formula is C24H26FN5O4S. The normalized spacial score (nSPS) is 12.0. The summed E-state index contributed by atoms with van der Waals surface area (Å²) in [5.41, 5.74) is 0.879. The molecule has 35 heavy (non-hydrogen) atoms. The molecule has 1 heterocycles. The molecule has 0 saturated carbocycles. The van der Waals surface area contributed by atoms with Gasteiger partial charge in [0.2, 0.25) is 0 Å². The number of urea groups is 1. The Kier molecular flexibility index (Phi) is 8.23. The first-order valence-electron chi connectivity index (χ1n) is 10.8. The van der Waals surface area contributed by atoms with Gasteiger partial charge in [-0.1, -0.05) is 30.0 Å². The fraction of sp³-hybridized carbons (Fsp3) is 0.292. The molecule has 0 aliphatic rings. The Labute approximate surface area is 206 Å². The van der Waals surface area contributed by atoms with Gasteiger partial charge in [0.05, 0.1) is 5.75 Å². The number of carbonyl (C=O) groups excluding carboxylic acids is 3. The van der Waals surface area contributed by atoms with Gasteiger partial charge in [0.25, 0.3) is 5.91 Å². The van der Waals surface area contributed by atoms with E-state index in [-0.39, 0.29) is 11.6 Å². The van der Waals surface area contributed by atoms with Gasteiger partial charge in [-0.15, -0.1) is 10.2 Å². The number of esters is 1. The molecule has 2 N–H and O–H groups in total. The van der Waals surface area contributed by atoms with Gasteiger partial charge < -0.3 is 10.1 Å². The minimum Gasteiger partial charge on any atom is -0.452 e. The maximum atomic E-state index is 13.4. The molecule has 184 valence electrons. The van der Waals surface area contributed by atoms with Gasteiger partial charge in [-0.3, -0.25) is 19.5 Å². The maximum absolute atomic E-state index is 13.4. The predicted molar refractivity (Wildman–Crippen MR) is 129 cm³/mol. The zero-order valence-electron chi connectivity index (χ0n) is 19.7. The number of thioether (sulfide) groups is 1. The summed E-state index contributed by atoms with van der Waals surface area (Å²) in [7, 11) is 0. The van der Waals surface area contributed by atoms with Crippen molar-refractivity contribution in [3.05, 3.63) is 60.4 Å². The van der Waals surface area contributed by atoms with Gasteiger partial charge in [-0.05, 0) is 64.1 Å². The van der Waals surface area contributed by atoms with E-state index in [4.69, 9.17) is 4.74 Å². The number of rotatable bonds is 7. The van der Waals surface area contributed by atoms with Crippen molar-refractivity contribution in [3.8, 4) is 17.1 Å². The SMILES string of the molecule is CC(OC(=O)CSc1nnc(-c2ccc(F)cc2)n1-c1ccccc1)C(=O)NC(=O)NC(C)(C)C. The number of halogens is 1. The van der Waals surface area contributed by atoms with Crippen molar-refractivity contribution in [3.63, 3.8) is 0 Å². The van der Waals surface area contributed by atoms with Crippen LogP contribution in [0.2, 0.25) is 0 Å². The molecule has 0 fully saturated rings. The molecule has 1 unspecified atom stereocenters. The summed E-state index contributed by atoms with van der Waals surface area (Å²) < 4.78 is 20.3. The Balaban J connectivity index is 1.68. The van der Waals surface area contributed by atoms with E-state index in [0.29, 0.717) is 16.5 Å². The highest BCUT2D eigenvalue weighted by Crippen LogP contribution is 2.28. The van der Waals surface area contributed by atoms with Crippen molar-refractivity contribution in [1.29, 1.82) is 0 Å². The average Bonchev–Trinajstić information content (AvgIpc) is 3.21. The lowest BCUT2D eigenvalue weighted by Crippen LogP contribution is -2.50. The van der Waals surface area contributed by atoms with Crippen LogP contribution in [0.25, 0.3) is 17.1 Å². The van der Waals surface area contributed by atoms with Crippen LogP contribution in [0.15, 0.2) is 59.8 Å². The number of carbonyl (C=O) groups is 3. The predicted octanol–water partition coefficient (Wildman–Crippen LogP) is 3.72. The first-order valence-corrected chi connectivity index (χ1v) is 11.7. The monoisotopic (exact) mass is 499 g/mol. The summed E-state index contributed by atoms with van der Waals surface area (Å²) in [6, 6.07) is 14.4. The summed E-state index contributed by atoms with van der Waals surface area (Å²) in [6.45, 7) is 6.69. The molecule has 0 aliphatic carbocycles. The first kappa shape index (κ1) is 25.9. The molecular weight excluding hydrogens is 473 g/mol. The van der Waals surface area contributed by atoms with E-state index >= 15 is 0 Å². The van der Waals surface area contributed by atoms with Crippen LogP contribution in [-0.4, -0.2) is 50.1 Å². The zero-order valence-corrected chi connectivity index (χ0v) is 20.6. The lowest BCUT2D eigenvalue weighted by atomic mass is 10.1. The van der Waals surface area contributed by atoms with E-state index in [2.05, 4.69) is 20.8 Å². The Morgan fingerprint density at radius 1 is 1.06 bits per heavy atom. The Morgan fingerprint density at radius 3 is 2.34 bits per heavy atom. The maximum Gasteiger partial charge on any atom is 0.321 e. The third-order valence-electron chi connectivity index (χ3n) is 4.47. The number of aromatic nitrogens is 3. The van der Waals surface area contributed by atoms with Crippen LogP contribution in [0, 0.1) is 5.82 Å². The van der Waals surface area contributed by atoms with Crippen LogP contribution in [0.5, 0.6) is 0 Å². The topological polar surface area (TPSA) is 115 Å². The fourth-order valence-electron chi connectivity index (χ4n) is 2.95. The second-order valence-corrected chi connectivity index (χ2v) is 9.54. The molecule has 0 saturated heterocycles. The average molecular weight is 500 g/mol. The standard InChI is InChI=1S/C24H26FN5O4S/c1-15(21(32)26-22(33)27-24(2,3)4)34-19(31)14-35-23-29-28-20(16-10-12-17(25)13-11-16)30(23)18-8-6-5-7-9-18/h5-13,15H,14H2,1-4H3,(H2,26,27,32,33). The summed E-state index contributed by atoms with van der Waals surface area (Å²) in [4.78, 5) is 36.4. The molecule has 0 spiro atoms. The van der Waals surface area contributed by atoms with Crippen LogP contribution >= 0.6 is 11.8 Å². The van der Waals surface area contributed by atoms with E-state index in [9.17, 15) is 18.8 Å². The highest BCUT2D eigenvalue weighted by molar-refractivity contribution is 7.99. The van der Waals surface area contributed by atoms with E-state index in [0.717, 1.165) is 17.4 Å². The Morgan fingerprint density at radius 2 is 1.71 bits per heavy atom. The lowest BCUT2D eigenvalue weighted by molar-refractivity contribution is -0.151. The van der Waals surface area contributed by atoms with Crippen LogP contribution < -0.4 is 10.6 Å². The van der Waals surface area contributed by atoms with Crippen molar-refractivity contribution < 1.29 is 23.5 Å². The molecule has 11 heteroatoms. The van der Waals surface area contributed by atoms with Gasteiger partial charge in [0.1, 0.15) is 5.82 Å². The second kappa shape index (κ2) is 11.1. The Bertz CT molecular complexity index is 1190. The number of hydrogen-bond donors (Lipinski definition) is 2. The fourth-order valence-corrected chi connectivity index (χ4v) is 3.69. The first-order chi connectivity index (χ1) is 16.5. The molecule has 1 atom stereocenters. The number of para-hydroxylation sites is 1. The molecule has 3 rings (SSSR count). The van der Waals surface area contributed by atoms with Crippen molar-refractivity contribution in [2.75, 3.05) is 5.75 Å². The number of nitrogens with zero attached hydrogens (tertiary/aromatic N) is 3. The third kappa shape index (κ3) is 7.38. The highest BCUT2D eigenvalue weighted by atomic mass is 32.2. The lowest BCUT2D eigenvalue weighted by Gasteiger charge is -2.21. The molecule has 1 aromatic heterocycles. The number of nitrogens with one attached hydrogen (secondary N) is 2. The van der Waals surface area contributed by atoms with Gasteiger partial charge >= 0.3 is 12.0 Å². The highest BCUT2D eigenvalue weighted by Gasteiger charge is 2.23. The van der Waals surface area contributed by atoms with Crippen molar-refractivity contribution in [2.24, 2.45) is 0 Å². The van der Waals surface area contributed by atoms with Gasteiger partial charge in [-0.25, -0.2) is 9.18 Å². The molecule has 0 aliphatic heterocycles. The molecule has 2 aromatic carbocycles. The summed E-state index contributed by atoms with van der Waals surface area (Å²) in [5.74, 6) is -1.45. The van der Waals surface area contributed by atoms with Crippen LogP contribution in [-0.2, 0) is 14.3 Å². The number of imide groups is 1. The van der Waals surface area contributed by atoms with Crippen molar-refractivity contribution in [1.82, 2.24) is 25.4 Å². The van der Waals surface area contributed by atoms with E-state index < -0.39 is 29.6 Å². The van der Waals surface area contributed by atoms with Crippen LogP contribution in [0.1, 0.15) is 27.7 Å². The number of hydrogen-bond acceptors (Lipinski definition) is 7. The van der Waals surface area contributed by atoms with Crippen molar-refractivity contribution in [2.45, 2.75) is 44.5 Å². The molecule has 3 aromatic rings. The van der Waals surface area contributed by atoms with E-state index in [1.54, 1.807) is 37.5 Å². The van der Waals surface area contributed by atoms with Crippen LogP contribution in [0.4, 0.5) is 9.18 Å². The second-order valence-electron chi connectivity index (χ2n) is 8.60. The molecule has 3 amide bonds. The smallest absolute Gasteiger partial charge is 0.321 e. The zero-order chi connectivity index (χ0) is 25.6. The van der Waals surface area contributed by atoms with Gasteiger partial charge in [-0.2, -0.15) is 0 Å². The minimum atomic E-state index is -1.17. The molecule has 0 radical (unpaired) electrons. The summed E-state index contributed by atoms with van der Waals surface area (Å²) in [6.07, 6.45) is -1.17. The Hall–Kier alpha value is -3.73. The van der Waals surface area contributed by atoms with Gasteiger partial charge in [0, 0.05) is 16.8 Å². The van der Waals surface area contributed by atoms with Crippen molar-refractivity contribution >= 4 is 29.7 Å². The number of ether oxygens (including phenoxy) is 1. The van der Waals surface area contributed by atoms with Gasteiger partial charge in [0.15, 0.2) is 17.1 Å². The van der Waals surface area contributed by atoms with E-state index in [1.807, 2.05) is 30.3 Å². The third-order valence-corrected chi connectivity index (χ3v) is 5.37. The van der Waals surface area contributed by atoms with E-state index in [1.165, 1.54) is 19.1 Å².